The van der Waals surface area contributed by atoms with Gasteiger partial charge < -0.3 is 14.0 Å². The summed E-state index contributed by atoms with van der Waals surface area (Å²) in [5, 5.41) is 4.01. The third-order valence-electron chi connectivity index (χ3n) is 3.20. The molecule has 0 spiro atoms. The molecule has 0 aliphatic rings. The van der Waals surface area contributed by atoms with Crippen molar-refractivity contribution < 1.29 is 14.0 Å². The molecule has 112 valence electrons. The van der Waals surface area contributed by atoms with Crippen LogP contribution < -0.4 is 9.47 Å². The van der Waals surface area contributed by atoms with Crippen molar-refractivity contribution in [2.24, 2.45) is 0 Å². The monoisotopic (exact) mass is 297 g/mol. The van der Waals surface area contributed by atoms with E-state index in [0.29, 0.717) is 23.2 Å². The normalized spacial score (nSPS) is 10.5. The summed E-state index contributed by atoms with van der Waals surface area (Å²) in [6, 6.07) is 11.1. The molecular formula is C16H15N3O3. The molecule has 1 aromatic carbocycles. The van der Waals surface area contributed by atoms with E-state index in [1.165, 1.54) is 0 Å². The Labute approximate surface area is 127 Å². The molecule has 6 nitrogen and oxygen atoms in total. The van der Waals surface area contributed by atoms with E-state index in [1.807, 2.05) is 43.3 Å². The zero-order chi connectivity index (χ0) is 15.5. The molecule has 0 saturated heterocycles. The third-order valence-corrected chi connectivity index (χ3v) is 3.20. The van der Waals surface area contributed by atoms with Crippen molar-refractivity contribution in [1.29, 1.82) is 0 Å². The number of ether oxygens (including phenoxy) is 2. The highest BCUT2D eigenvalue weighted by atomic mass is 16.5. The van der Waals surface area contributed by atoms with Gasteiger partial charge >= 0.3 is 0 Å². The molecule has 0 atom stereocenters. The van der Waals surface area contributed by atoms with E-state index >= 15 is 0 Å². The number of pyridine rings is 1. The summed E-state index contributed by atoms with van der Waals surface area (Å²) in [5.41, 5.74) is 2.37. The largest absolute Gasteiger partial charge is 0.497 e. The minimum atomic E-state index is 0.431. The zero-order valence-electron chi connectivity index (χ0n) is 12.5. The van der Waals surface area contributed by atoms with E-state index in [-0.39, 0.29) is 0 Å². The predicted molar refractivity (Wildman–Crippen MR) is 80.8 cm³/mol. The highest BCUT2D eigenvalue weighted by Gasteiger charge is 2.15. The number of aromatic nitrogens is 3. The zero-order valence-corrected chi connectivity index (χ0v) is 12.5. The summed E-state index contributed by atoms with van der Waals surface area (Å²) in [7, 11) is 3.19. The maximum Gasteiger partial charge on any atom is 0.258 e. The highest BCUT2D eigenvalue weighted by molar-refractivity contribution is 5.64. The van der Waals surface area contributed by atoms with Crippen molar-refractivity contribution in [2.45, 2.75) is 6.92 Å². The van der Waals surface area contributed by atoms with Crippen LogP contribution in [0.5, 0.6) is 11.6 Å². The second kappa shape index (κ2) is 5.85. The first kappa shape index (κ1) is 14.1. The lowest BCUT2D eigenvalue weighted by molar-refractivity contribution is 0.397. The van der Waals surface area contributed by atoms with Crippen LogP contribution in [0.4, 0.5) is 0 Å². The molecule has 0 aliphatic carbocycles. The quantitative estimate of drug-likeness (QED) is 0.737. The van der Waals surface area contributed by atoms with E-state index in [9.17, 15) is 0 Å². The van der Waals surface area contributed by atoms with Crippen LogP contribution in [0.3, 0.4) is 0 Å². The van der Waals surface area contributed by atoms with Crippen LogP contribution in [-0.4, -0.2) is 29.3 Å². The van der Waals surface area contributed by atoms with E-state index in [1.54, 1.807) is 14.2 Å². The Bertz CT molecular complexity index is 782. The summed E-state index contributed by atoms with van der Waals surface area (Å²) in [6.45, 7) is 1.89. The van der Waals surface area contributed by atoms with Gasteiger partial charge in [0.25, 0.3) is 5.89 Å². The van der Waals surface area contributed by atoms with E-state index in [2.05, 4.69) is 15.1 Å². The van der Waals surface area contributed by atoms with Crippen LogP contribution >= 0.6 is 0 Å². The van der Waals surface area contributed by atoms with Crippen molar-refractivity contribution in [3.8, 4) is 34.5 Å². The molecule has 22 heavy (non-hydrogen) atoms. The van der Waals surface area contributed by atoms with Crippen molar-refractivity contribution in [1.82, 2.24) is 15.1 Å². The highest BCUT2D eigenvalue weighted by Crippen LogP contribution is 2.28. The number of methoxy groups -OCH3 is 2. The topological polar surface area (TPSA) is 70.3 Å². The maximum atomic E-state index is 5.32. The number of aryl methyl sites for hydroxylation is 1. The maximum absolute atomic E-state index is 5.32. The predicted octanol–water partition coefficient (Wildman–Crippen LogP) is 3.12. The van der Waals surface area contributed by atoms with Crippen LogP contribution in [0, 0.1) is 6.92 Å². The Balaban J connectivity index is 1.96. The van der Waals surface area contributed by atoms with Gasteiger partial charge in [0.2, 0.25) is 11.7 Å². The molecule has 3 aromatic rings. The van der Waals surface area contributed by atoms with Crippen LogP contribution in [0.15, 0.2) is 40.9 Å². The van der Waals surface area contributed by atoms with Gasteiger partial charge in [0.15, 0.2) is 0 Å². The van der Waals surface area contributed by atoms with E-state index in [4.69, 9.17) is 14.0 Å². The Kier molecular flexibility index (Phi) is 3.74. The fourth-order valence-corrected chi connectivity index (χ4v) is 2.04. The van der Waals surface area contributed by atoms with Crippen molar-refractivity contribution in [3.63, 3.8) is 0 Å². The average molecular weight is 297 g/mol. The molecule has 2 heterocycles. The summed E-state index contributed by atoms with van der Waals surface area (Å²) in [5.74, 6) is 2.12. The molecule has 6 heteroatoms. The van der Waals surface area contributed by atoms with Gasteiger partial charge in [0.05, 0.1) is 19.8 Å². The van der Waals surface area contributed by atoms with Gasteiger partial charge in [0.1, 0.15) is 5.75 Å². The molecule has 0 aliphatic heterocycles. The minimum Gasteiger partial charge on any atom is -0.497 e. The Morgan fingerprint density at radius 3 is 2.36 bits per heavy atom. The second-order valence-electron chi connectivity index (χ2n) is 4.66. The summed E-state index contributed by atoms with van der Waals surface area (Å²) < 4.78 is 15.7. The SMILES string of the molecule is COc1ccc(-c2nc(-c3ccc(C)nc3OC)no2)cc1. The van der Waals surface area contributed by atoms with Crippen LogP contribution in [-0.2, 0) is 0 Å². The smallest absolute Gasteiger partial charge is 0.258 e. The number of hydrogen-bond donors (Lipinski definition) is 0. The Morgan fingerprint density at radius 1 is 0.909 bits per heavy atom. The first-order valence-electron chi connectivity index (χ1n) is 6.71. The lowest BCUT2D eigenvalue weighted by Crippen LogP contribution is -1.94. The number of benzene rings is 1. The van der Waals surface area contributed by atoms with Gasteiger partial charge in [0, 0.05) is 11.3 Å². The van der Waals surface area contributed by atoms with Crippen LogP contribution in [0.1, 0.15) is 5.69 Å². The summed E-state index contributed by atoms with van der Waals surface area (Å²) >= 11 is 0. The van der Waals surface area contributed by atoms with E-state index in [0.717, 1.165) is 17.0 Å². The van der Waals surface area contributed by atoms with Gasteiger partial charge in [-0.05, 0) is 43.3 Å². The third kappa shape index (κ3) is 2.63. The Morgan fingerprint density at radius 2 is 1.68 bits per heavy atom. The molecule has 0 unspecified atom stereocenters. The second-order valence-corrected chi connectivity index (χ2v) is 4.66. The molecule has 0 saturated carbocycles. The fourth-order valence-electron chi connectivity index (χ4n) is 2.04. The number of nitrogens with zero attached hydrogens (tertiary/aromatic N) is 3. The minimum absolute atomic E-state index is 0.431. The molecular weight excluding hydrogens is 282 g/mol. The van der Waals surface area contributed by atoms with Crippen LogP contribution in [0.25, 0.3) is 22.8 Å². The Hall–Kier alpha value is -2.89. The first-order chi connectivity index (χ1) is 10.7. The van der Waals surface area contributed by atoms with Gasteiger partial charge in [-0.25, -0.2) is 4.98 Å². The number of hydrogen-bond acceptors (Lipinski definition) is 6. The standard InChI is InChI=1S/C16H15N3O3/c1-10-4-9-13(16(17-10)21-3)14-18-15(22-19-14)11-5-7-12(20-2)8-6-11/h4-9H,1-3H3. The molecule has 0 bridgehead atoms. The van der Waals surface area contributed by atoms with E-state index < -0.39 is 0 Å². The van der Waals surface area contributed by atoms with Crippen LogP contribution in [0.2, 0.25) is 0 Å². The van der Waals surface area contributed by atoms with Gasteiger partial charge in [-0.2, -0.15) is 4.98 Å². The summed E-state index contributed by atoms with van der Waals surface area (Å²) in [6.07, 6.45) is 0. The van der Waals surface area contributed by atoms with Crippen molar-refractivity contribution >= 4 is 0 Å². The molecule has 2 aromatic heterocycles. The molecule has 0 amide bonds. The molecule has 3 rings (SSSR count). The number of rotatable bonds is 4. The van der Waals surface area contributed by atoms with Crippen molar-refractivity contribution in [2.75, 3.05) is 14.2 Å². The van der Waals surface area contributed by atoms with Crippen molar-refractivity contribution in [3.05, 3.63) is 42.1 Å². The molecule has 0 radical (unpaired) electrons. The van der Waals surface area contributed by atoms with Gasteiger partial charge in [-0.15, -0.1) is 0 Å². The average Bonchev–Trinajstić information content (AvgIpc) is 3.04. The lowest BCUT2D eigenvalue weighted by atomic mass is 10.2. The summed E-state index contributed by atoms with van der Waals surface area (Å²) in [4.78, 5) is 8.72. The lowest BCUT2D eigenvalue weighted by Gasteiger charge is -2.04. The van der Waals surface area contributed by atoms with Gasteiger partial charge in [-0.3, -0.25) is 0 Å². The molecule has 0 fully saturated rings. The van der Waals surface area contributed by atoms with Gasteiger partial charge in [-0.1, -0.05) is 5.16 Å². The fraction of sp³-hybridized carbons (Fsp3) is 0.188. The molecule has 0 N–H and O–H groups in total. The first-order valence-corrected chi connectivity index (χ1v) is 6.71.